The molecule has 0 saturated carbocycles. The summed E-state index contributed by atoms with van der Waals surface area (Å²) in [5, 5.41) is 0. The minimum absolute atomic E-state index is 0.914. The first kappa shape index (κ1) is 11.0. The maximum Gasteiger partial charge on any atom is 0.0350 e. The lowest BCUT2D eigenvalue weighted by Gasteiger charge is -2.43. The monoisotopic (exact) mass is 184 g/mol. The van der Waals surface area contributed by atoms with Gasteiger partial charge in [-0.2, -0.15) is 0 Å². The van der Waals surface area contributed by atoms with Crippen molar-refractivity contribution >= 4 is 0 Å². The number of hydrogen-bond acceptors (Lipinski definition) is 2. The lowest BCUT2D eigenvalue weighted by Crippen LogP contribution is -2.58. The van der Waals surface area contributed by atoms with Crippen molar-refractivity contribution in [1.29, 1.82) is 0 Å². The molecule has 2 heteroatoms. The van der Waals surface area contributed by atoms with E-state index in [2.05, 4.69) is 16.7 Å². The second-order valence-electron chi connectivity index (χ2n) is 3.75. The molecule has 0 aromatic rings. The molecule has 0 aromatic heterocycles. The molecule has 0 radical (unpaired) electrons. The van der Waals surface area contributed by atoms with Crippen LogP contribution in [0.5, 0.6) is 0 Å². The van der Waals surface area contributed by atoms with Crippen LogP contribution in [0.1, 0.15) is 33.6 Å². The van der Waals surface area contributed by atoms with Crippen LogP contribution in [0.3, 0.4) is 0 Å². The Hall–Kier alpha value is -0.0800. The summed E-state index contributed by atoms with van der Waals surface area (Å²) >= 11 is 0. The van der Waals surface area contributed by atoms with Crippen LogP contribution >= 0.6 is 0 Å². The summed E-state index contributed by atoms with van der Waals surface area (Å²) in [6, 6.07) is 0.914. The quantitative estimate of drug-likeness (QED) is 0.646. The summed E-state index contributed by atoms with van der Waals surface area (Å²) in [5.41, 5.74) is 0. The standard InChI is InChI=1S/C9H18N2.C2H6/c1-2-10-7-9(8-10)11-5-3-4-6-11;1-2/h9H,2-8H2,1H3;1-2H3. The third-order valence-electron chi connectivity index (χ3n) is 3.04. The highest BCUT2D eigenvalue weighted by Gasteiger charge is 2.31. The van der Waals surface area contributed by atoms with Gasteiger partial charge in [0.1, 0.15) is 0 Å². The summed E-state index contributed by atoms with van der Waals surface area (Å²) in [6.45, 7) is 12.9. The van der Waals surface area contributed by atoms with Gasteiger partial charge in [0.15, 0.2) is 0 Å². The zero-order valence-corrected chi connectivity index (χ0v) is 9.42. The van der Waals surface area contributed by atoms with Gasteiger partial charge < -0.3 is 4.90 Å². The topological polar surface area (TPSA) is 6.48 Å². The highest BCUT2D eigenvalue weighted by Crippen LogP contribution is 2.19. The van der Waals surface area contributed by atoms with Crippen molar-refractivity contribution in [2.24, 2.45) is 0 Å². The normalized spacial score (nSPS) is 25.2. The first-order chi connectivity index (χ1) is 6.40. The van der Waals surface area contributed by atoms with Crippen LogP contribution in [-0.4, -0.2) is 48.6 Å². The van der Waals surface area contributed by atoms with Gasteiger partial charge in [-0.05, 0) is 32.5 Å². The van der Waals surface area contributed by atoms with Gasteiger partial charge in [-0.15, -0.1) is 0 Å². The number of nitrogens with zero attached hydrogens (tertiary/aromatic N) is 2. The van der Waals surface area contributed by atoms with Crippen LogP contribution in [0.25, 0.3) is 0 Å². The molecule has 0 aromatic carbocycles. The molecule has 78 valence electrons. The van der Waals surface area contributed by atoms with Gasteiger partial charge in [-0.3, -0.25) is 4.90 Å². The number of rotatable bonds is 2. The van der Waals surface area contributed by atoms with E-state index in [0.29, 0.717) is 0 Å². The fourth-order valence-corrected chi connectivity index (χ4v) is 2.14. The summed E-state index contributed by atoms with van der Waals surface area (Å²) in [6.07, 6.45) is 2.87. The molecule has 0 bridgehead atoms. The van der Waals surface area contributed by atoms with Crippen molar-refractivity contribution in [3.8, 4) is 0 Å². The van der Waals surface area contributed by atoms with Crippen molar-refractivity contribution < 1.29 is 0 Å². The molecule has 2 heterocycles. The molecule has 2 fully saturated rings. The maximum atomic E-state index is 2.66. The Morgan fingerprint density at radius 2 is 1.62 bits per heavy atom. The molecule has 0 aliphatic carbocycles. The second-order valence-corrected chi connectivity index (χ2v) is 3.75. The Labute approximate surface area is 82.9 Å². The van der Waals surface area contributed by atoms with E-state index in [1.807, 2.05) is 13.8 Å². The Morgan fingerprint density at radius 3 is 2.08 bits per heavy atom. The highest BCUT2D eigenvalue weighted by atomic mass is 15.3. The SMILES string of the molecule is CC.CCN1CC(N2CCCC2)C1. The predicted molar refractivity (Wildman–Crippen MR) is 58.1 cm³/mol. The second kappa shape index (κ2) is 5.61. The maximum absolute atomic E-state index is 2.66. The van der Waals surface area contributed by atoms with Crippen LogP contribution in [0.15, 0.2) is 0 Å². The van der Waals surface area contributed by atoms with Crippen LogP contribution in [0, 0.1) is 0 Å². The molecular formula is C11H24N2. The van der Waals surface area contributed by atoms with Gasteiger partial charge in [0.05, 0.1) is 0 Å². The van der Waals surface area contributed by atoms with E-state index >= 15 is 0 Å². The fourth-order valence-electron chi connectivity index (χ4n) is 2.14. The van der Waals surface area contributed by atoms with Gasteiger partial charge in [-0.25, -0.2) is 0 Å². The van der Waals surface area contributed by atoms with E-state index in [1.54, 1.807) is 0 Å². The van der Waals surface area contributed by atoms with Crippen molar-refractivity contribution in [1.82, 2.24) is 9.80 Å². The molecule has 0 unspecified atom stereocenters. The molecule has 2 nitrogen and oxygen atoms in total. The molecular weight excluding hydrogens is 160 g/mol. The molecule has 0 spiro atoms. The first-order valence-corrected chi connectivity index (χ1v) is 5.86. The summed E-state index contributed by atoms with van der Waals surface area (Å²) in [5.74, 6) is 0. The first-order valence-electron chi connectivity index (χ1n) is 5.86. The van der Waals surface area contributed by atoms with Gasteiger partial charge in [-0.1, -0.05) is 20.8 Å². The van der Waals surface area contributed by atoms with Gasteiger partial charge in [0, 0.05) is 19.1 Å². The predicted octanol–water partition coefficient (Wildman–Crippen LogP) is 1.81. The number of likely N-dealkylation sites (tertiary alicyclic amines) is 2. The van der Waals surface area contributed by atoms with E-state index in [9.17, 15) is 0 Å². The fraction of sp³-hybridized carbons (Fsp3) is 1.00. The Kier molecular flexibility index (Phi) is 4.74. The van der Waals surface area contributed by atoms with Crippen molar-refractivity contribution in [3.05, 3.63) is 0 Å². The van der Waals surface area contributed by atoms with Crippen molar-refractivity contribution in [2.75, 3.05) is 32.7 Å². The lowest BCUT2D eigenvalue weighted by molar-refractivity contribution is 0.0526. The zero-order chi connectivity index (χ0) is 9.68. The van der Waals surface area contributed by atoms with E-state index < -0.39 is 0 Å². The van der Waals surface area contributed by atoms with Gasteiger partial charge in [0.2, 0.25) is 0 Å². The minimum Gasteiger partial charge on any atom is -0.300 e. The van der Waals surface area contributed by atoms with Crippen molar-refractivity contribution in [2.45, 2.75) is 39.7 Å². The third kappa shape index (κ3) is 2.68. The molecule has 2 rings (SSSR count). The van der Waals surface area contributed by atoms with E-state index in [-0.39, 0.29) is 0 Å². The summed E-state index contributed by atoms with van der Waals surface area (Å²) in [7, 11) is 0. The average Bonchev–Trinajstić information content (AvgIpc) is 2.59. The molecule has 13 heavy (non-hydrogen) atoms. The van der Waals surface area contributed by atoms with E-state index in [0.717, 1.165) is 6.04 Å². The molecule has 0 N–H and O–H groups in total. The molecule has 2 aliphatic heterocycles. The minimum atomic E-state index is 0.914. The molecule has 0 atom stereocenters. The average molecular weight is 184 g/mol. The van der Waals surface area contributed by atoms with Gasteiger partial charge >= 0.3 is 0 Å². The summed E-state index contributed by atoms with van der Waals surface area (Å²) < 4.78 is 0. The van der Waals surface area contributed by atoms with Crippen molar-refractivity contribution in [3.63, 3.8) is 0 Å². The van der Waals surface area contributed by atoms with Crippen LogP contribution < -0.4 is 0 Å². The number of hydrogen-bond donors (Lipinski definition) is 0. The lowest BCUT2D eigenvalue weighted by atomic mass is 10.1. The summed E-state index contributed by atoms with van der Waals surface area (Å²) in [4.78, 5) is 5.18. The molecule has 2 aliphatic rings. The molecule has 2 saturated heterocycles. The third-order valence-corrected chi connectivity index (χ3v) is 3.04. The van der Waals surface area contributed by atoms with E-state index in [4.69, 9.17) is 0 Å². The van der Waals surface area contributed by atoms with Crippen LogP contribution in [-0.2, 0) is 0 Å². The Bertz CT molecular complexity index is 124. The smallest absolute Gasteiger partial charge is 0.0350 e. The Morgan fingerprint density at radius 1 is 1.08 bits per heavy atom. The van der Waals surface area contributed by atoms with Crippen LogP contribution in [0.4, 0.5) is 0 Å². The number of likely N-dealkylation sites (N-methyl/N-ethyl adjacent to an activating group) is 1. The van der Waals surface area contributed by atoms with Gasteiger partial charge in [0.25, 0.3) is 0 Å². The highest BCUT2D eigenvalue weighted by molar-refractivity contribution is 4.88. The zero-order valence-electron chi connectivity index (χ0n) is 9.42. The molecule has 0 amide bonds. The van der Waals surface area contributed by atoms with E-state index in [1.165, 1.54) is 45.6 Å². The Balaban J connectivity index is 0.000000396. The van der Waals surface area contributed by atoms with Crippen LogP contribution in [0.2, 0.25) is 0 Å². The largest absolute Gasteiger partial charge is 0.300 e.